The van der Waals surface area contributed by atoms with Crippen LogP contribution in [0.3, 0.4) is 0 Å². The van der Waals surface area contributed by atoms with Crippen LogP contribution < -0.4 is 0 Å². The van der Waals surface area contributed by atoms with Gasteiger partial charge in [0, 0.05) is 29.5 Å². The van der Waals surface area contributed by atoms with Crippen LogP contribution in [-0.2, 0) is 12.8 Å². The van der Waals surface area contributed by atoms with E-state index in [0.29, 0.717) is 6.42 Å². The molecule has 0 bridgehead atoms. The van der Waals surface area contributed by atoms with Gasteiger partial charge in [0.15, 0.2) is 0 Å². The number of benzene rings is 1. The van der Waals surface area contributed by atoms with Crippen molar-refractivity contribution in [3.63, 3.8) is 0 Å². The third kappa shape index (κ3) is 3.08. The van der Waals surface area contributed by atoms with E-state index in [-0.39, 0.29) is 12.0 Å². The number of nitrogens with zero attached hydrogens (tertiary/aromatic N) is 1. The van der Waals surface area contributed by atoms with Gasteiger partial charge in [-0.2, -0.15) is 0 Å². The van der Waals surface area contributed by atoms with Crippen molar-refractivity contribution in [1.82, 2.24) is 4.98 Å². The smallest absolute Gasteiger partial charge is 0.129 e. The van der Waals surface area contributed by atoms with Crippen molar-refractivity contribution in [2.75, 3.05) is 0 Å². The summed E-state index contributed by atoms with van der Waals surface area (Å²) < 4.78 is 26.7. The molecule has 1 atom stereocenters. The molecule has 2 aromatic rings. The van der Waals surface area contributed by atoms with Crippen LogP contribution in [0.25, 0.3) is 0 Å². The van der Waals surface area contributed by atoms with Crippen molar-refractivity contribution in [3.05, 3.63) is 52.0 Å². The lowest BCUT2D eigenvalue weighted by Crippen LogP contribution is -2.15. The van der Waals surface area contributed by atoms with E-state index >= 15 is 0 Å². The van der Waals surface area contributed by atoms with Crippen molar-refractivity contribution in [2.45, 2.75) is 18.9 Å². The van der Waals surface area contributed by atoms with Crippen LogP contribution in [0.4, 0.5) is 8.78 Å². The SMILES string of the molecule is OC(Cc1cncs1)Cc1c(F)cccc1F. The van der Waals surface area contributed by atoms with E-state index in [2.05, 4.69) is 4.98 Å². The van der Waals surface area contributed by atoms with E-state index in [9.17, 15) is 13.9 Å². The van der Waals surface area contributed by atoms with E-state index in [4.69, 9.17) is 0 Å². The van der Waals surface area contributed by atoms with Gasteiger partial charge < -0.3 is 5.11 Å². The van der Waals surface area contributed by atoms with E-state index < -0.39 is 17.7 Å². The molecule has 5 heteroatoms. The molecule has 0 aliphatic carbocycles. The number of thiazole rings is 1. The molecule has 2 rings (SSSR count). The van der Waals surface area contributed by atoms with Gasteiger partial charge in [-0.1, -0.05) is 6.07 Å². The largest absolute Gasteiger partial charge is 0.392 e. The summed E-state index contributed by atoms with van der Waals surface area (Å²) >= 11 is 1.41. The molecule has 0 radical (unpaired) electrons. The highest BCUT2D eigenvalue weighted by Crippen LogP contribution is 2.17. The summed E-state index contributed by atoms with van der Waals surface area (Å²) in [6.45, 7) is 0. The Morgan fingerprint density at radius 2 is 1.94 bits per heavy atom. The Bertz CT molecular complexity index is 467. The highest BCUT2D eigenvalue weighted by molar-refractivity contribution is 7.09. The van der Waals surface area contributed by atoms with Crippen LogP contribution in [0.2, 0.25) is 0 Å². The summed E-state index contributed by atoms with van der Waals surface area (Å²) in [6.07, 6.45) is 1.17. The highest BCUT2D eigenvalue weighted by Gasteiger charge is 2.14. The van der Waals surface area contributed by atoms with Crippen LogP contribution in [0, 0.1) is 11.6 Å². The maximum Gasteiger partial charge on any atom is 0.129 e. The zero-order chi connectivity index (χ0) is 12.3. The topological polar surface area (TPSA) is 33.1 Å². The summed E-state index contributed by atoms with van der Waals surface area (Å²) in [7, 11) is 0. The van der Waals surface area contributed by atoms with Crippen molar-refractivity contribution in [1.29, 1.82) is 0 Å². The predicted molar refractivity (Wildman–Crippen MR) is 61.9 cm³/mol. The normalized spacial score (nSPS) is 12.6. The minimum Gasteiger partial charge on any atom is -0.392 e. The van der Waals surface area contributed by atoms with Gasteiger partial charge in [-0.05, 0) is 12.1 Å². The zero-order valence-electron chi connectivity index (χ0n) is 8.94. The predicted octanol–water partition coefficient (Wildman–Crippen LogP) is 2.57. The van der Waals surface area contributed by atoms with Crippen LogP contribution in [0.15, 0.2) is 29.9 Å². The van der Waals surface area contributed by atoms with E-state index in [0.717, 1.165) is 4.88 Å². The van der Waals surface area contributed by atoms with Gasteiger partial charge in [-0.3, -0.25) is 4.98 Å². The third-order valence-electron chi connectivity index (χ3n) is 2.42. The fraction of sp³-hybridized carbons (Fsp3) is 0.250. The van der Waals surface area contributed by atoms with Crippen LogP contribution in [0.1, 0.15) is 10.4 Å². The molecular formula is C12H11F2NOS. The Labute approximate surface area is 102 Å². The molecule has 0 amide bonds. The quantitative estimate of drug-likeness (QED) is 0.910. The fourth-order valence-electron chi connectivity index (χ4n) is 1.61. The minimum absolute atomic E-state index is 0.0313. The molecule has 1 aromatic heterocycles. The molecule has 0 aliphatic heterocycles. The molecule has 0 fully saturated rings. The Balaban J connectivity index is 2.05. The Morgan fingerprint density at radius 1 is 1.24 bits per heavy atom. The monoisotopic (exact) mass is 255 g/mol. The zero-order valence-corrected chi connectivity index (χ0v) is 9.75. The number of aromatic nitrogens is 1. The van der Waals surface area contributed by atoms with E-state index in [1.54, 1.807) is 11.7 Å². The minimum atomic E-state index is -0.804. The average Bonchev–Trinajstić information content (AvgIpc) is 2.76. The first-order chi connectivity index (χ1) is 8.16. The van der Waals surface area contributed by atoms with Gasteiger partial charge in [0.2, 0.25) is 0 Å². The van der Waals surface area contributed by atoms with Gasteiger partial charge in [-0.25, -0.2) is 8.78 Å². The number of aliphatic hydroxyl groups is 1. The van der Waals surface area contributed by atoms with E-state index in [1.165, 1.54) is 29.5 Å². The Morgan fingerprint density at radius 3 is 2.53 bits per heavy atom. The van der Waals surface area contributed by atoms with Gasteiger partial charge in [-0.15, -0.1) is 11.3 Å². The number of hydrogen-bond acceptors (Lipinski definition) is 3. The second-order valence-electron chi connectivity index (χ2n) is 3.73. The highest BCUT2D eigenvalue weighted by atomic mass is 32.1. The lowest BCUT2D eigenvalue weighted by atomic mass is 10.0. The fourth-order valence-corrected chi connectivity index (χ4v) is 2.28. The number of hydrogen-bond donors (Lipinski definition) is 1. The summed E-state index contributed by atoms with van der Waals surface area (Å²) in [5.41, 5.74) is 1.59. The first kappa shape index (κ1) is 12.1. The standard InChI is InChI=1S/C12H11F2NOS/c13-11-2-1-3-12(14)10(11)5-8(16)4-9-6-15-7-17-9/h1-3,6-8,16H,4-5H2. The van der Waals surface area contributed by atoms with Crippen LogP contribution in [-0.4, -0.2) is 16.2 Å². The van der Waals surface area contributed by atoms with Crippen molar-refractivity contribution >= 4 is 11.3 Å². The molecule has 0 aliphatic rings. The molecule has 2 nitrogen and oxygen atoms in total. The average molecular weight is 255 g/mol. The van der Waals surface area contributed by atoms with Crippen molar-refractivity contribution < 1.29 is 13.9 Å². The summed E-state index contributed by atoms with van der Waals surface area (Å²) in [5, 5.41) is 9.77. The number of rotatable bonds is 4. The van der Waals surface area contributed by atoms with Crippen LogP contribution in [0.5, 0.6) is 0 Å². The maximum atomic E-state index is 13.3. The van der Waals surface area contributed by atoms with Crippen molar-refractivity contribution in [2.24, 2.45) is 0 Å². The van der Waals surface area contributed by atoms with Gasteiger partial charge in [0.05, 0.1) is 11.6 Å². The van der Waals surface area contributed by atoms with Gasteiger partial charge in [0.25, 0.3) is 0 Å². The second-order valence-corrected chi connectivity index (χ2v) is 4.70. The Kier molecular flexibility index (Phi) is 3.81. The molecule has 0 saturated heterocycles. The molecule has 0 saturated carbocycles. The maximum absolute atomic E-state index is 13.3. The Hall–Kier alpha value is -1.33. The van der Waals surface area contributed by atoms with Crippen LogP contribution >= 0.6 is 11.3 Å². The molecule has 0 spiro atoms. The third-order valence-corrected chi connectivity index (χ3v) is 3.22. The van der Waals surface area contributed by atoms with Crippen molar-refractivity contribution in [3.8, 4) is 0 Å². The lowest BCUT2D eigenvalue weighted by molar-refractivity contribution is 0.173. The molecular weight excluding hydrogens is 244 g/mol. The van der Waals surface area contributed by atoms with E-state index in [1.807, 2.05) is 0 Å². The lowest BCUT2D eigenvalue weighted by Gasteiger charge is -2.10. The molecule has 1 aromatic carbocycles. The number of halogens is 2. The van der Waals surface area contributed by atoms with Gasteiger partial charge in [0.1, 0.15) is 11.6 Å². The molecule has 1 heterocycles. The summed E-state index contributed by atoms with van der Waals surface area (Å²) in [5.74, 6) is -1.23. The van der Waals surface area contributed by atoms with Gasteiger partial charge >= 0.3 is 0 Å². The molecule has 1 unspecified atom stereocenters. The first-order valence-electron chi connectivity index (χ1n) is 5.15. The molecule has 1 N–H and O–H groups in total. The second kappa shape index (κ2) is 5.33. The molecule has 90 valence electrons. The molecule has 17 heavy (non-hydrogen) atoms. The first-order valence-corrected chi connectivity index (χ1v) is 6.03. The summed E-state index contributed by atoms with van der Waals surface area (Å²) in [4.78, 5) is 4.77. The summed E-state index contributed by atoms with van der Waals surface area (Å²) in [6, 6.07) is 3.69. The number of aliphatic hydroxyl groups excluding tert-OH is 1.